The number of hydroxylamine groups is 4. The highest BCUT2D eigenvalue weighted by molar-refractivity contribution is 6.13. The zero-order chi connectivity index (χ0) is 35.1. The molecule has 9 amide bonds. The van der Waals surface area contributed by atoms with Crippen LogP contribution in [0.5, 0.6) is 0 Å². The average Bonchev–Trinajstić information content (AvgIpc) is 3.75. The Morgan fingerprint density at radius 1 is 0.583 bits per heavy atom. The molecule has 0 aromatic carbocycles. The lowest BCUT2D eigenvalue weighted by Crippen LogP contribution is -2.48. The second-order valence-electron chi connectivity index (χ2n) is 10.8. The smallest absolute Gasteiger partial charge is 0.332 e. The molecular weight excluding hydrogens is 642 g/mol. The van der Waals surface area contributed by atoms with Crippen molar-refractivity contribution in [3.8, 4) is 0 Å². The standard InChI is InChI=1S/C29H29N5O14/c35-18(11-14-31-19(36)2-3-20(31)37)17(1-10-28(45)47-33-24(41)6-7-25(33)42)30(23(40)12-15-32-21(38)4-5-22(32)39)16-13-29(46)48-34-26(43)8-9-27(34)44/h2-5,17H,1,6-16H2. The summed E-state index contributed by atoms with van der Waals surface area (Å²) in [5.74, 6) is -9.76. The van der Waals surface area contributed by atoms with Crippen molar-refractivity contribution in [3.63, 3.8) is 0 Å². The summed E-state index contributed by atoms with van der Waals surface area (Å²) in [4.78, 5) is 160. The van der Waals surface area contributed by atoms with Crippen LogP contribution in [0.1, 0.15) is 57.8 Å². The minimum atomic E-state index is -1.55. The summed E-state index contributed by atoms with van der Waals surface area (Å²) in [6, 6.07) is -1.55. The van der Waals surface area contributed by atoms with Gasteiger partial charge in [-0.25, -0.2) is 9.59 Å². The predicted octanol–water partition coefficient (Wildman–Crippen LogP) is -2.23. The number of ketones is 1. The molecule has 2 saturated heterocycles. The van der Waals surface area contributed by atoms with E-state index >= 15 is 0 Å². The third kappa shape index (κ3) is 8.28. The first-order valence-corrected chi connectivity index (χ1v) is 14.8. The van der Waals surface area contributed by atoms with E-state index in [9.17, 15) is 57.5 Å². The minimum Gasteiger partial charge on any atom is -0.332 e. The minimum absolute atomic E-state index is 0.180. The highest BCUT2D eigenvalue weighted by Gasteiger charge is 2.37. The van der Waals surface area contributed by atoms with Gasteiger partial charge in [-0.3, -0.25) is 57.7 Å². The molecule has 4 rings (SSSR count). The number of rotatable bonds is 16. The molecule has 2 fully saturated rings. The normalized spacial score (nSPS) is 18.2. The van der Waals surface area contributed by atoms with E-state index in [2.05, 4.69) is 0 Å². The van der Waals surface area contributed by atoms with Crippen LogP contribution in [0.2, 0.25) is 0 Å². The summed E-state index contributed by atoms with van der Waals surface area (Å²) in [5, 5.41) is 0.568. The maximum absolute atomic E-state index is 13.6. The van der Waals surface area contributed by atoms with Crippen LogP contribution in [0.15, 0.2) is 24.3 Å². The monoisotopic (exact) mass is 671 g/mol. The molecule has 19 heteroatoms. The van der Waals surface area contributed by atoms with E-state index in [4.69, 9.17) is 9.68 Å². The Kier molecular flexibility index (Phi) is 11.0. The SMILES string of the molecule is O=C(CCC(C(=O)CCN1C(=O)C=CC1=O)N(CCC(=O)ON1C(=O)CCC1=O)C(=O)CCN1C(=O)C=CC1=O)ON1C(=O)CCC1=O. The zero-order valence-corrected chi connectivity index (χ0v) is 25.3. The van der Waals surface area contributed by atoms with Crippen LogP contribution in [0.25, 0.3) is 0 Å². The van der Waals surface area contributed by atoms with Crippen LogP contribution >= 0.6 is 0 Å². The molecule has 1 atom stereocenters. The van der Waals surface area contributed by atoms with E-state index in [-0.39, 0.29) is 35.8 Å². The molecular formula is C29H29N5O14. The number of carbonyl (C=O) groups excluding carboxylic acids is 12. The third-order valence-corrected chi connectivity index (χ3v) is 7.58. The van der Waals surface area contributed by atoms with Gasteiger partial charge in [0, 0.05) is 82.5 Å². The van der Waals surface area contributed by atoms with E-state index in [1.807, 2.05) is 0 Å². The first-order valence-electron chi connectivity index (χ1n) is 14.8. The highest BCUT2D eigenvalue weighted by atomic mass is 16.7. The molecule has 4 aliphatic heterocycles. The van der Waals surface area contributed by atoms with Crippen LogP contribution in [0.4, 0.5) is 0 Å². The van der Waals surface area contributed by atoms with Gasteiger partial charge in [-0.05, 0) is 6.42 Å². The van der Waals surface area contributed by atoms with E-state index in [1.165, 1.54) is 0 Å². The van der Waals surface area contributed by atoms with Crippen molar-refractivity contribution in [3.05, 3.63) is 24.3 Å². The topological polar surface area (TPSA) is 239 Å². The van der Waals surface area contributed by atoms with E-state index in [0.29, 0.717) is 0 Å². The van der Waals surface area contributed by atoms with Crippen molar-refractivity contribution in [2.75, 3.05) is 19.6 Å². The number of nitrogens with zero attached hydrogens (tertiary/aromatic N) is 5. The first kappa shape index (κ1) is 35.0. The summed E-state index contributed by atoms with van der Waals surface area (Å²) in [6.45, 7) is -1.43. The number of amides is 9. The predicted molar refractivity (Wildman–Crippen MR) is 150 cm³/mol. The Labute approximate surface area is 270 Å². The maximum atomic E-state index is 13.6. The zero-order valence-electron chi connectivity index (χ0n) is 25.3. The van der Waals surface area contributed by atoms with Crippen molar-refractivity contribution in [1.29, 1.82) is 0 Å². The number of hydrogen-bond donors (Lipinski definition) is 0. The molecule has 0 aliphatic carbocycles. The molecule has 0 aromatic heterocycles. The van der Waals surface area contributed by atoms with Gasteiger partial charge in [0.05, 0.1) is 18.9 Å². The average molecular weight is 672 g/mol. The van der Waals surface area contributed by atoms with Crippen LogP contribution < -0.4 is 0 Å². The Morgan fingerprint density at radius 3 is 1.42 bits per heavy atom. The lowest BCUT2D eigenvalue weighted by molar-refractivity contribution is -0.198. The van der Waals surface area contributed by atoms with E-state index in [0.717, 1.165) is 39.0 Å². The van der Waals surface area contributed by atoms with Gasteiger partial charge in [-0.15, -0.1) is 10.1 Å². The molecule has 19 nitrogen and oxygen atoms in total. The summed E-state index contributed by atoms with van der Waals surface area (Å²) in [6.07, 6.45) is 0.367. The van der Waals surface area contributed by atoms with Crippen LogP contribution in [-0.4, -0.2) is 121 Å². The fourth-order valence-electron chi connectivity index (χ4n) is 5.06. The number of Topliss-reactive ketones (excluding diaryl/α,β-unsaturated/α-hetero) is 1. The summed E-state index contributed by atoms with van der Waals surface area (Å²) < 4.78 is 0. The summed E-state index contributed by atoms with van der Waals surface area (Å²) in [7, 11) is 0. The Bertz CT molecular complexity index is 1380. The molecule has 1 unspecified atom stereocenters. The van der Waals surface area contributed by atoms with Crippen molar-refractivity contribution in [2.24, 2.45) is 0 Å². The van der Waals surface area contributed by atoms with Gasteiger partial charge in [-0.2, -0.15) is 0 Å². The van der Waals surface area contributed by atoms with Gasteiger partial charge in [0.25, 0.3) is 47.3 Å². The Balaban J connectivity index is 1.53. The number of hydrogen-bond acceptors (Lipinski definition) is 14. The van der Waals surface area contributed by atoms with Crippen molar-refractivity contribution in [1.82, 2.24) is 24.8 Å². The molecule has 0 aromatic rings. The number of carbonyl (C=O) groups is 12. The van der Waals surface area contributed by atoms with E-state index < -0.39 is 129 Å². The Hall–Kier alpha value is -5.88. The van der Waals surface area contributed by atoms with Gasteiger partial charge in [0.15, 0.2) is 5.78 Å². The lowest BCUT2D eigenvalue weighted by Gasteiger charge is -2.32. The van der Waals surface area contributed by atoms with Crippen molar-refractivity contribution >= 4 is 70.9 Å². The molecule has 0 N–H and O–H groups in total. The quantitative estimate of drug-likeness (QED) is 0.158. The highest BCUT2D eigenvalue weighted by Crippen LogP contribution is 2.19. The summed E-state index contributed by atoms with van der Waals surface area (Å²) >= 11 is 0. The molecule has 4 aliphatic rings. The lowest BCUT2D eigenvalue weighted by atomic mass is 10.0. The van der Waals surface area contributed by atoms with Crippen molar-refractivity contribution in [2.45, 2.75) is 63.8 Å². The second-order valence-corrected chi connectivity index (χ2v) is 10.8. The van der Waals surface area contributed by atoms with Crippen molar-refractivity contribution < 1.29 is 67.2 Å². The van der Waals surface area contributed by atoms with Gasteiger partial charge in [-0.1, -0.05) is 0 Å². The number of imide groups is 4. The molecule has 0 spiro atoms. The molecule has 4 heterocycles. The molecule has 48 heavy (non-hydrogen) atoms. The van der Waals surface area contributed by atoms with Gasteiger partial charge < -0.3 is 14.6 Å². The largest absolute Gasteiger partial charge is 0.334 e. The molecule has 254 valence electrons. The molecule has 0 bridgehead atoms. The van der Waals surface area contributed by atoms with Gasteiger partial charge >= 0.3 is 11.9 Å². The summed E-state index contributed by atoms with van der Waals surface area (Å²) in [5.41, 5.74) is 0. The first-order chi connectivity index (χ1) is 22.8. The Morgan fingerprint density at radius 2 is 0.979 bits per heavy atom. The van der Waals surface area contributed by atoms with Gasteiger partial charge in [0.2, 0.25) is 5.91 Å². The van der Waals surface area contributed by atoms with Crippen LogP contribution in [0.3, 0.4) is 0 Å². The fraction of sp³-hybridized carbons (Fsp3) is 0.448. The fourth-order valence-corrected chi connectivity index (χ4v) is 5.06. The maximum Gasteiger partial charge on any atom is 0.334 e. The third-order valence-electron chi connectivity index (χ3n) is 7.58. The van der Waals surface area contributed by atoms with E-state index in [1.54, 1.807) is 0 Å². The molecule has 0 saturated carbocycles. The van der Waals surface area contributed by atoms with Gasteiger partial charge in [0.1, 0.15) is 0 Å². The second kappa shape index (κ2) is 15.1. The molecule has 0 radical (unpaired) electrons. The van der Waals surface area contributed by atoms with Crippen LogP contribution in [-0.2, 0) is 67.2 Å². The van der Waals surface area contributed by atoms with Crippen LogP contribution in [0, 0.1) is 0 Å².